The average molecular weight is 795 g/mol. The second-order valence-electron chi connectivity index (χ2n) is 11.1. The zero-order valence-electron chi connectivity index (χ0n) is 32.0. The molecule has 0 spiro atoms. The van der Waals surface area contributed by atoms with Crippen molar-refractivity contribution in [2.75, 3.05) is 0 Å². The van der Waals surface area contributed by atoms with Gasteiger partial charge in [-0.25, -0.2) is 19.3 Å². The molecule has 0 fully saturated rings. The van der Waals surface area contributed by atoms with Crippen LogP contribution in [0.1, 0.15) is 43.3 Å². The average Bonchev–Trinajstić information content (AvgIpc) is 3.53. The van der Waals surface area contributed by atoms with Gasteiger partial charge in [0, 0.05) is 47.3 Å². The van der Waals surface area contributed by atoms with Gasteiger partial charge < -0.3 is 10.2 Å². The molecular formula is C42H41CoN9O4. The molecule has 6 aromatic rings. The molecule has 13 nitrogen and oxygen atoms in total. The van der Waals surface area contributed by atoms with Gasteiger partial charge in [0.15, 0.2) is 11.4 Å². The maximum Gasteiger partial charge on any atom is 2.00 e. The molecule has 0 amide bonds. The number of benzene rings is 4. The van der Waals surface area contributed by atoms with Crippen LogP contribution in [0.15, 0.2) is 129 Å². The summed E-state index contributed by atoms with van der Waals surface area (Å²) in [5, 5.41) is 45.4. The van der Waals surface area contributed by atoms with Crippen molar-refractivity contribution in [2.24, 2.45) is 24.1 Å². The molecule has 0 saturated heterocycles. The van der Waals surface area contributed by atoms with Crippen LogP contribution in [0.2, 0.25) is 0 Å². The van der Waals surface area contributed by atoms with E-state index in [1.807, 2.05) is 88.6 Å². The summed E-state index contributed by atoms with van der Waals surface area (Å²) in [6.45, 7) is 7.95. The number of hydrogen-bond acceptors (Lipinski definition) is 9. The zero-order valence-corrected chi connectivity index (χ0v) is 33.1. The fraction of sp³-hybridized carbons (Fsp3) is 0.167. The number of para-hydroxylation sites is 4. The van der Waals surface area contributed by atoms with Gasteiger partial charge in [-0.05, 0) is 49.2 Å². The van der Waals surface area contributed by atoms with Gasteiger partial charge in [0.25, 0.3) is 11.1 Å². The van der Waals surface area contributed by atoms with Crippen molar-refractivity contribution in [1.82, 2.24) is 18.7 Å². The van der Waals surface area contributed by atoms with E-state index >= 15 is 0 Å². The van der Waals surface area contributed by atoms with E-state index in [4.69, 9.17) is 15.8 Å². The van der Waals surface area contributed by atoms with Crippen molar-refractivity contribution in [2.45, 2.75) is 34.6 Å². The SMILES string of the molecule is CC#N.CC#N.CC#N.Cc1c(N=Cc2ccccc2[O-])c(=O)n(-c2ccccc2)n1C.Cc1c(N=Cc2ccccc2[O-])c(=O)n(-c2ccccc2)n1C.[Co+2]. The molecule has 0 aliphatic rings. The third-order valence-corrected chi connectivity index (χ3v) is 7.55. The van der Waals surface area contributed by atoms with Crippen LogP contribution in [0, 0.1) is 47.8 Å². The summed E-state index contributed by atoms with van der Waals surface area (Å²) in [4.78, 5) is 33.9. The molecule has 2 aromatic heterocycles. The Bertz CT molecular complexity index is 2280. The summed E-state index contributed by atoms with van der Waals surface area (Å²) >= 11 is 0. The monoisotopic (exact) mass is 794 g/mol. The molecule has 1 radical (unpaired) electrons. The second kappa shape index (κ2) is 24.2. The van der Waals surface area contributed by atoms with E-state index in [0.29, 0.717) is 22.5 Å². The molecule has 0 aliphatic heterocycles. The Kier molecular flexibility index (Phi) is 20.2. The van der Waals surface area contributed by atoms with Gasteiger partial charge in [-0.3, -0.25) is 19.0 Å². The van der Waals surface area contributed by atoms with Crippen LogP contribution in [0.3, 0.4) is 0 Å². The van der Waals surface area contributed by atoms with Crippen LogP contribution in [-0.4, -0.2) is 31.2 Å². The summed E-state index contributed by atoms with van der Waals surface area (Å²) in [5.74, 6) is -0.235. The number of nitriles is 3. The third kappa shape index (κ3) is 12.5. The molecule has 6 rings (SSSR count). The van der Waals surface area contributed by atoms with Crippen molar-refractivity contribution >= 4 is 23.8 Å². The van der Waals surface area contributed by atoms with E-state index in [1.54, 1.807) is 73.3 Å². The number of nitrogens with zero attached hydrogens (tertiary/aromatic N) is 9. The van der Waals surface area contributed by atoms with E-state index in [1.165, 1.54) is 45.3 Å². The Balaban J connectivity index is 0.000000456. The van der Waals surface area contributed by atoms with Crippen LogP contribution in [0.4, 0.5) is 11.4 Å². The number of aromatic nitrogens is 4. The quantitative estimate of drug-likeness (QED) is 0.179. The van der Waals surface area contributed by atoms with Gasteiger partial charge >= 0.3 is 16.8 Å². The summed E-state index contributed by atoms with van der Waals surface area (Å²) in [6, 6.07) is 37.2. The standard InChI is InChI=1S/2C18H17N3O2.3C2H3N.Co/c2*1-13-17(19-12-14-8-6-7-11-16(14)22)18(23)21(20(13)2)15-9-4-3-5-10-15;3*1-2-3;/h2*3-12,22H,1-2H3;3*1H3;/q;;;;;+2/p-2. The Morgan fingerprint density at radius 2 is 0.804 bits per heavy atom. The molecule has 0 atom stereocenters. The van der Waals surface area contributed by atoms with Gasteiger partial charge in [0.1, 0.15) is 0 Å². The first-order valence-electron chi connectivity index (χ1n) is 16.6. The number of hydrogen-bond donors (Lipinski definition) is 0. The largest absolute Gasteiger partial charge is 2.00 e. The molecule has 287 valence electrons. The summed E-state index contributed by atoms with van der Waals surface area (Å²) in [7, 11) is 3.62. The van der Waals surface area contributed by atoms with Gasteiger partial charge in [-0.2, -0.15) is 15.8 Å². The molecule has 0 saturated carbocycles. The summed E-state index contributed by atoms with van der Waals surface area (Å²) < 4.78 is 6.64. The van der Waals surface area contributed by atoms with Gasteiger partial charge in [0.05, 0.1) is 41.0 Å². The Morgan fingerprint density at radius 1 is 0.536 bits per heavy atom. The second-order valence-corrected chi connectivity index (χ2v) is 11.1. The van der Waals surface area contributed by atoms with Gasteiger partial charge in [-0.1, -0.05) is 84.9 Å². The molecule has 14 heteroatoms. The normalized spacial score (nSPS) is 9.64. The minimum absolute atomic E-state index is 0. The minimum Gasteiger partial charge on any atom is -0.872 e. The molecular weight excluding hydrogens is 753 g/mol. The number of rotatable bonds is 6. The van der Waals surface area contributed by atoms with E-state index in [-0.39, 0.29) is 39.4 Å². The van der Waals surface area contributed by atoms with E-state index < -0.39 is 0 Å². The van der Waals surface area contributed by atoms with Crippen LogP contribution >= 0.6 is 0 Å². The first-order chi connectivity index (χ1) is 26.4. The molecule has 0 N–H and O–H groups in total. The van der Waals surface area contributed by atoms with E-state index in [0.717, 1.165) is 22.8 Å². The zero-order chi connectivity index (χ0) is 40.9. The summed E-state index contributed by atoms with van der Waals surface area (Å²) in [5.41, 5.74) is 4.17. The Hall–Kier alpha value is -7.18. The van der Waals surface area contributed by atoms with Crippen molar-refractivity contribution in [3.05, 3.63) is 152 Å². The van der Waals surface area contributed by atoms with Crippen LogP contribution in [-0.2, 0) is 30.9 Å². The molecule has 56 heavy (non-hydrogen) atoms. The Morgan fingerprint density at radius 3 is 1.09 bits per heavy atom. The molecule has 0 unspecified atom stereocenters. The van der Waals surface area contributed by atoms with Crippen molar-refractivity contribution < 1.29 is 27.0 Å². The minimum atomic E-state index is -0.212. The molecule has 0 bridgehead atoms. The van der Waals surface area contributed by atoms with Crippen molar-refractivity contribution in [3.63, 3.8) is 0 Å². The third-order valence-electron chi connectivity index (χ3n) is 7.55. The van der Waals surface area contributed by atoms with E-state index in [9.17, 15) is 19.8 Å². The molecule has 4 aromatic carbocycles. The first-order valence-corrected chi connectivity index (χ1v) is 16.6. The maximum absolute atomic E-state index is 12.7. The van der Waals surface area contributed by atoms with Crippen LogP contribution < -0.4 is 21.3 Å². The Labute approximate surface area is 336 Å². The van der Waals surface area contributed by atoms with Gasteiger partial charge in [0.2, 0.25) is 0 Å². The van der Waals surface area contributed by atoms with Crippen LogP contribution in [0.5, 0.6) is 11.5 Å². The number of aliphatic imine (C=N–C) groups is 2. The van der Waals surface area contributed by atoms with Crippen molar-refractivity contribution in [3.8, 4) is 41.1 Å². The predicted octanol–water partition coefficient (Wildman–Crippen LogP) is 6.20. The first kappa shape index (κ1) is 46.8. The van der Waals surface area contributed by atoms with Crippen molar-refractivity contribution in [1.29, 1.82) is 15.8 Å². The fourth-order valence-electron chi connectivity index (χ4n) is 4.85. The predicted molar refractivity (Wildman–Crippen MR) is 212 cm³/mol. The van der Waals surface area contributed by atoms with E-state index in [2.05, 4.69) is 9.98 Å². The topological polar surface area (TPSA) is 196 Å². The summed E-state index contributed by atoms with van der Waals surface area (Å²) in [6.07, 6.45) is 2.89. The molecule has 2 heterocycles. The molecule has 0 aliphatic carbocycles. The van der Waals surface area contributed by atoms with Gasteiger partial charge in [-0.15, -0.1) is 11.5 Å². The maximum atomic E-state index is 12.7. The fourth-order valence-corrected chi connectivity index (χ4v) is 4.85. The smallest absolute Gasteiger partial charge is 0.872 e. The van der Waals surface area contributed by atoms with Crippen LogP contribution in [0.25, 0.3) is 11.4 Å².